The van der Waals surface area contributed by atoms with Crippen LogP contribution in [0.2, 0.25) is 0 Å². The van der Waals surface area contributed by atoms with E-state index >= 15 is 0 Å². The summed E-state index contributed by atoms with van der Waals surface area (Å²) in [7, 11) is 3.77. The molecule has 1 aromatic rings. The topological polar surface area (TPSA) is 45.2 Å². The number of halogens is 3. The molecule has 0 saturated heterocycles. The van der Waals surface area contributed by atoms with Gasteiger partial charge in [0, 0.05) is 6.54 Å². The van der Waals surface area contributed by atoms with Gasteiger partial charge in [-0.05, 0) is 34.0 Å². The van der Waals surface area contributed by atoms with E-state index in [9.17, 15) is 18.0 Å². The number of aryl methyl sites for hydroxylation is 1. The second-order valence-electron chi connectivity index (χ2n) is 4.32. The Kier molecular flexibility index (Phi) is 5.30. The molecular formula is C11H16F3N3OS. The highest BCUT2D eigenvalue weighted by Gasteiger charge is 2.39. The number of thiazole rings is 1. The van der Waals surface area contributed by atoms with Crippen LogP contribution in [0.4, 0.5) is 13.2 Å². The molecule has 0 radical (unpaired) electrons. The first-order chi connectivity index (χ1) is 8.71. The second kappa shape index (κ2) is 6.33. The van der Waals surface area contributed by atoms with Crippen LogP contribution < -0.4 is 5.32 Å². The van der Waals surface area contributed by atoms with E-state index in [1.54, 1.807) is 0 Å². The lowest BCUT2D eigenvalue weighted by molar-refractivity contribution is -0.141. The summed E-state index contributed by atoms with van der Waals surface area (Å²) in [5.74, 6) is -0.711. The molecule has 108 valence electrons. The van der Waals surface area contributed by atoms with Gasteiger partial charge in [0.25, 0.3) is 5.91 Å². The molecule has 0 bridgehead atoms. The van der Waals surface area contributed by atoms with Crippen LogP contribution in [0.1, 0.15) is 26.8 Å². The van der Waals surface area contributed by atoms with E-state index in [0.29, 0.717) is 13.0 Å². The molecule has 4 nitrogen and oxygen atoms in total. The first-order valence-corrected chi connectivity index (χ1v) is 6.51. The van der Waals surface area contributed by atoms with Gasteiger partial charge in [0.05, 0.1) is 5.01 Å². The van der Waals surface area contributed by atoms with Gasteiger partial charge >= 0.3 is 6.18 Å². The van der Waals surface area contributed by atoms with Crippen molar-refractivity contribution in [2.24, 2.45) is 0 Å². The van der Waals surface area contributed by atoms with Crippen LogP contribution in [0, 0.1) is 6.92 Å². The molecule has 0 fully saturated rings. The summed E-state index contributed by atoms with van der Waals surface area (Å²) in [6.45, 7) is 2.54. The molecule has 1 heterocycles. The van der Waals surface area contributed by atoms with Crippen molar-refractivity contribution in [2.75, 3.05) is 27.2 Å². The van der Waals surface area contributed by atoms with Gasteiger partial charge in [-0.15, -0.1) is 11.3 Å². The molecule has 8 heteroatoms. The van der Waals surface area contributed by atoms with Crippen LogP contribution in [0.25, 0.3) is 0 Å². The summed E-state index contributed by atoms with van der Waals surface area (Å²) in [4.78, 5) is 16.7. The summed E-state index contributed by atoms with van der Waals surface area (Å²) in [6, 6.07) is 0. The number of amides is 1. The van der Waals surface area contributed by atoms with Gasteiger partial charge in [0.15, 0.2) is 5.69 Å². The van der Waals surface area contributed by atoms with Crippen molar-refractivity contribution in [1.82, 2.24) is 15.2 Å². The van der Waals surface area contributed by atoms with Gasteiger partial charge in [-0.3, -0.25) is 4.79 Å². The van der Waals surface area contributed by atoms with Crippen LogP contribution in [0.3, 0.4) is 0 Å². The minimum absolute atomic E-state index is 0.228. The number of hydrogen-bond acceptors (Lipinski definition) is 4. The molecule has 0 aliphatic heterocycles. The zero-order valence-corrected chi connectivity index (χ0v) is 11.8. The molecular weight excluding hydrogens is 279 g/mol. The lowest BCUT2D eigenvalue weighted by Crippen LogP contribution is -2.28. The standard InChI is InChI=1S/C11H16F3N3OS/c1-7-16-9(11(12,13)14)8(19-7)10(18)15-5-4-6-17(2)3/h4-6H2,1-3H3,(H,15,18). The molecule has 1 N–H and O–H groups in total. The quantitative estimate of drug-likeness (QED) is 0.847. The Morgan fingerprint density at radius 1 is 1.42 bits per heavy atom. The Balaban J connectivity index is 2.67. The zero-order valence-electron chi connectivity index (χ0n) is 11.0. The summed E-state index contributed by atoms with van der Waals surface area (Å²) in [5, 5.41) is 2.71. The molecule has 0 unspecified atom stereocenters. The predicted octanol–water partition coefficient (Wildman–Crippen LogP) is 2.15. The lowest BCUT2D eigenvalue weighted by atomic mass is 10.3. The maximum Gasteiger partial charge on any atom is 0.435 e. The van der Waals surface area contributed by atoms with Crippen molar-refractivity contribution in [2.45, 2.75) is 19.5 Å². The Morgan fingerprint density at radius 2 is 2.05 bits per heavy atom. The smallest absolute Gasteiger partial charge is 0.351 e. The third-order valence-corrected chi connectivity index (χ3v) is 3.25. The average Bonchev–Trinajstić information content (AvgIpc) is 2.66. The number of nitrogens with zero attached hydrogens (tertiary/aromatic N) is 2. The Labute approximate surface area is 113 Å². The van der Waals surface area contributed by atoms with E-state index in [1.807, 2.05) is 19.0 Å². The van der Waals surface area contributed by atoms with Gasteiger partial charge in [-0.1, -0.05) is 0 Å². The van der Waals surface area contributed by atoms with Gasteiger partial charge in [0.1, 0.15) is 4.88 Å². The van der Waals surface area contributed by atoms with Gasteiger partial charge < -0.3 is 10.2 Å². The highest BCUT2D eigenvalue weighted by Crippen LogP contribution is 2.34. The highest BCUT2D eigenvalue weighted by atomic mass is 32.1. The van der Waals surface area contributed by atoms with E-state index in [0.717, 1.165) is 17.9 Å². The van der Waals surface area contributed by atoms with Crippen molar-refractivity contribution < 1.29 is 18.0 Å². The molecule has 0 aromatic carbocycles. The van der Waals surface area contributed by atoms with Crippen LogP contribution in [0.5, 0.6) is 0 Å². The van der Waals surface area contributed by atoms with Gasteiger partial charge in [-0.2, -0.15) is 13.2 Å². The maximum atomic E-state index is 12.7. The molecule has 1 aromatic heterocycles. The van der Waals surface area contributed by atoms with E-state index in [-0.39, 0.29) is 9.88 Å². The summed E-state index contributed by atoms with van der Waals surface area (Å²) in [6.07, 6.45) is -3.92. The predicted molar refractivity (Wildman–Crippen MR) is 67.4 cm³/mol. The van der Waals surface area contributed by atoms with Crippen LogP contribution >= 0.6 is 11.3 Å². The molecule has 1 amide bonds. The average molecular weight is 295 g/mol. The molecule has 0 aliphatic rings. The van der Waals surface area contributed by atoms with Crippen molar-refractivity contribution >= 4 is 17.2 Å². The second-order valence-corrected chi connectivity index (χ2v) is 5.52. The third kappa shape index (κ3) is 4.79. The highest BCUT2D eigenvalue weighted by molar-refractivity contribution is 7.13. The fraction of sp³-hybridized carbons (Fsp3) is 0.636. The molecule has 0 spiro atoms. The Bertz CT molecular complexity index is 443. The van der Waals surface area contributed by atoms with E-state index in [1.165, 1.54) is 6.92 Å². The number of rotatable bonds is 5. The number of carbonyl (C=O) groups is 1. The van der Waals surface area contributed by atoms with Crippen LogP contribution in [-0.2, 0) is 6.18 Å². The molecule has 1 rings (SSSR count). The van der Waals surface area contributed by atoms with Gasteiger partial charge in [0.2, 0.25) is 0 Å². The molecule has 0 atom stereocenters. The normalized spacial score (nSPS) is 11.9. The zero-order chi connectivity index (χ0) is 14.6. The fourth-order valence-electron chi connectivity index (χ4n) is 1.45. The van der Waals surface area contributed by atoms with Crippen molar-refractivity contribution in [3.05, 3.63) is 15.6 Å². The van der Waals surface area contributed by atoms with Crippen molar-refractivity contribution in [3.8, 4) is 0 Å². The lowest BCUT2D eigenvalue weighted by Gasteiger charge is -2.10. The monoisotopic (exact) mass is 295 g/mol. The fourth-order valence-corrected chi connectivity index (χ4v) is 2.31. The first-order valence-electron chi connectivity index (χ1n) is 5.69. The maximum absolute atomic E-state index is 12.7. The molecule has 0 aliphatic carbocycles. The molecule has 0 saturated carbocycles. The van der Waals surface area contributed by atoms with Crippen LogP contribution in [-0.4, -0.2) is 43.0 Å². The van der Waals surface area contributed by atoms with E-state index in [4.69, 9.17) is 0 Å². The minimum Gasteiger partial charge on any atom is -0.351 e. The number of alkyl halides is 3. The Hall–Kier alpha value is -1.15. The van der Waals surface area contributed by atoms with E-state index in [2.05, 4.69) is 10.3 Å². The molecule has 19 heavy (non-hydrogen) atoms. The van der Waals surface area contributed by atoms with Crippen molar-refractivity contribution in [3.63, 3.8) is 0 Å². The van der Waals surface area contributed by atoms with Crippen LogP contribution in [0.15, 0.2) is 0 Å². The minimum atomic E-state index is -4.60. The number of aromatic nitrogens is 1. The summed E-state index contributed by atoms with van der Waals surface area (Å²) in [5.41, 5.74) is -1.10. The largest absolute Gasteiger partial charge is 0.435 e. The summed E-state index contributed by atoms with van der Waals surface area (Å²) >= 11 is 0.760. The van der Waals surface area contributed by atoms with E-state index < -0.39 is 17.8 Å². The Morgan fingerprint density at radius 3 is 2.58 bits per heavy atom. The number of nitrogens with one attached hydrogen (secondary N) is 1. The first kappa shape index (κ1) is 15.9. The van der Waals surface area contributed by atoms with Gasteiger partial charge in [-0.25, -0.2) is 4.98 Å². The van der Waals surface area contributed by atoms with Crippen molar-refractivity contribution in [1.29, 1.82) is 0 Å². The summed E-state index contributed by atoms with van der Waals surface area (Å²) < 4.78 is 38.0. The number of hydrogen-bond donors (Lipinski definition) is 1. The number of carbonyl (C=O) groups excluding carboxylic acids is 1. The SMILES string of the molecule is Cc1nc(C(F)(F)F)c(C(=O)NCCCN(C)C)s1. The third-order valence-electron chi connectivity index (χ3n) is 2.28.